The first-order chi connectivity index (χ1) is 9.08. The summed E-state index contributed by atoms with van der Waals surface area (Å²) >= 11 is 0. The van der Waals surface area contributed by atoms with E-state index in [1.165, 1.54) is 6.42 Å². The lowest BCUT2D eigenvalue weighted by atomic mass is 9.80. The molecular weight excluding hydrogens is 236 g/mol. The highest BCUT2D eigenvalue weighted by atomic mass is 16.1. The zero-order valence-electron chi connectivity index (χ0n) is 11.5. The molecule has 1 amide bonds. The van der Waals surface area contributed by atoms with Gasteiger partial charge in [0.05, 0.1) is 11.6 Å². The fraction of sp³-hybridized carbons (Fsp3) is 0.500. The third-order valence-electron chi connectivity index (χ3n) is 3.77. The maximum Gasteiger partial charge on any atom is 0.251 e. The molecule has 1 aliphatic carbocycles. The van der Waals surface area contributed by atoms with Crippen LogP contribution in [0.15, 0.2) is 24.3 Å². The molecule has 0 radical (unpaired) electrons. The summed E-state index contributed by atoms with van der Waals surface area (Å²) in [4.78, 5) is 12.2. The first kappa shape index (κ1) is 13.6. The van der Waals surface area contributed by atoms with Crippen molar-refractivity contribution >= 4 is 5.91 Å². The molecule has 2 rings (SSSR count). The number of nitriles is 1. The van der Waals surface area contributed by atoms with Crippen molar-refractivity contribution in [1.82, 2.24) is 5.32 Å². The summed E-state index contributed by atoms with van der Waals surface area (Å²) in [7, 11) is 0. The maximum absolute atomic E-state index is 12.2. The van der Waals surface area contributed by atoms with Crippen LogP contribution in [-0.4, -0.2) is 11.9 Å². The van der Waals surface area contributed by atoms with Crippen LogP contribution in [0.4, 0.5) is 0 Å². The number of rotatable bonds is 2. The second-order valence-electron chi connectivity index (χ2n) is 5.78. The standard InChI is InChI=1S/C16H20N2O/c1-11-6-12(2)8-15(7-11)18-16(19)14-5-3-4-13(9-14)10-17/h3-5,9,11-12,15H,6-8H2,1-2H3,(H,18,19). The zero-order valence-corrected chi connectivity index (χ0v) is 11.5. The molecule has 0 bridgehead atoms. The average molecular weight is 256 g/mol. The third kappa shape index (κ3) is 3.57. The van der Waals surface area contributed by atoms with Crippen LogP contribution in [0, 0.1) is 23.2 Å². The maximum atomic E-state index is 12.2. The highest BCUT2D eigenvalue weighted by Crippen LogP contribution is 2.28. The van der Waals surface area contributed by atoms with E-state index in [-0.39, 0.29) is 11.9 Å². The van der Waals surface area contributed by atoms with Gasteiger partial charge < -0.3 is 5.32 Å². The average Bonchev–Trinajstić information content (AvgIpc) is 2.37. The number of hydrogen-bond acceptors (Lipinski definition) is 2. The Morgan fingerprint density at radius 2 is 1.95 bits per heavy atom. The van der Waals surface area contributed by atoms with E-state index in [0.717, 1.165) is 12.8 Å². The summed E-state index contributed by atoms with van der Waals surface area (Å²) in [5, 5.41) is 12.0. The SMILES string of the molecule is CC1CC(C)CC(NC(=O)c2cccc(C#N)c2)C1. The molecule has 2 unspecified atom stereocenters. The number of carbonyl (C=O) groups is 1. The highest BCUT2D eigenvalue weighted by molar-refractivity contribution is 5.94. The van der Waals surface area contributed by atoms with E-state index in [0.29, 0.717) is 23.0 Å². The van der Waals surface area contributed by atoms with Crippen LogP contribution < -0.4 is 5.32 Å². The molecule has 0 heterocycles. The molecule has 19 heavy (non-hydrogen) atoms. The molecule has 1 aromatic rings. The van der Waals surface area contributed by atoms with Gasteiger partial charge in [0.25, 0.3) is 5.91 Å². The number of amides is 1. The summed E-state index contributed by atoms with van der Waals surface area (Å²) in [6, 6.07) is 9.18. The fourth-order valence-corrected chi connectivity index (χ4v) is 3.06. The lowest BCUT2D eigenvalue weighted by molar-refractivity contribution is 0.0911. The largest absolute Gasteiger partial charge is 0.349 e. The van der Waals surface area contributed by atoms with Gasteiger partial charge in [0, 0.05) is 11.6 Å². The minimum atomic E-state index is -0.0663. The topological polar surface area (TPSA) is 52.9 Å². The quantitative estimate of drug-likeness (QED) is 0.884. The van der Waals surface area contributed by atoms with Crippen LogP contribution in [-0.2, 0) is 0 Å². The molecule has 3 heteroatoms. The highest BCUT2D eigenvalue weighted by Gasteiger charge is 2.25. The van der Waals surface area contributed by atoms with Crippen molar-refractivity contribution in [2.24, 2.45) is 11.8 Å². The normalized spacial score (nSPS) is 26.5. The zero-order chi connectivity index (χ0) is 13.8. The van der Waals surface area contributed by atoms with Gasteiger partial charge in [0.1, 0.15) is 0 Å². The van der Waals surface area contributed by atoms with Gasteiger partial charge in [-0.1, -0.05) is 19.9 Å². The van der Waals surface area contributed by atoms with Gasteiger partial charge in [0.15, 0.2) is 0 Å². The molecule has 3 nitrogen and oxygen atoms in total. The van der Waals surface area contributed by atoms with Gasteiger partial charge in [-0.25, -0.2) is 0 Å². The first-order valence-corrected chi connectivity index (χ1v) is 6.89. The summed E-state index contributed by atoms with van der Waals surface area (Å²) in [5.74, 6) is 1.27. The summed E-state index contributed by atoms with van der Waals surface area (Å²) in [6.07, 6.45) is 3.35. The van der Waals surface area contributed by atoms with E-state index in [4.69, 9.17) is 5.26 Å². The molecule has 1 N–H and O–H groups in total. The Kier molecular flexibility index (Phi) is 4.21. The van der Waals surface area contributed by atoms with Crippen molar-refractivity contribution in [3.8, 4) is 6.07 Å². The van der Waals surface area contributed by atoms with Gasteiger partial charge in [-0.2, -0.15) is 5.26 Å². The summed E-state index contributed by atoms with van der Waals surface area (Å²) in [6.45, 7) is 4.48. The van der Waals surface area contributed by atoms with E-state index in [9.17, 15) is 4.79 Å². The molecule has 0 saturated heterocycles. The van der Waals surface area contributed by atoms with Gasteiger partial charge in [-0.05, 0) is 49.3 Å². The van der Waals surface area contributed by atoms with Gasteiger partial charge in [0.2, 0.25) is 0 Å². The fourth-order valence-electron chi connectivity index (χ4n) is 3.06. The Balaban J connectivity index is 2.02. The van der Waals surface area contributed by atoms with Crippen molar-refractivity contribution in [3.05, 3.63) is 35.4 Å². The number of hydrogen-bond donors (Lipinski definition) is 1. The van der Waals surface area contributed by atoms with Crippen LogP contribution in [0.1, 0.15) is 49.0 Å². The van der Waals surface area contributed by atoms with E-state index >= 15 is 0 Å². The number of carbonyl (C=O) groups excluding carboxylic acids is 1. The molecular formula is C16H20N2O. The van der Waals surface area contributed by atoms with Crippen molar-refractivity contribution in [1.29, 1.82) is 5.26 Å². The monoisotopic (exact) mass is 256 g/mol. The van der Waals surface area contributed by atoms with Crippen LogP contribution in [0.25, 0.3) is 0 Å². The predicted octanol–water partition coefficient (Wildman–Crippen LogP) is 3.11. The molecule has 100 valence electrons. The van der Waals surface area contributed by atoms with E-state index < -0.39 is 0 Å². The van der Waals surface area contributed by atoms with Crippen LogP contribution in [0.3, 0.4) is 0 Å². The second-order valence-corrected chi connectivity index (χ2v) is 5.78. The van der Waals surface area contributed by atoms with Crippen molar-refractivity contribution < 1.29 is 4.79 Å². The van der Waals surface area contributed by atoms with E-state index in [1.54, 1.807) is 24.3 Å². The summed E-state index contributed by atoms with van der Waals surface area (Å²) in [5.41, 5.74) is 1.10. The Labute approximate surface area is 114 Å². The minimum Gasteiger partial charge on any atom is -0.349 e. The molecule has 0 aromatic heterocycles. The Bertz CT molecular complexity index is 494. The molecule has 1 fully saturated rings. The van der Waals surface area contributed by atoms with Gasteiger partial charge in [-0.3, -0.25) is 4.79 Å². The number of nitrogens with one attached hydrogen (secondary N) is 1. The first-order valence-electron chi connectivity index (χ1n) is 6.89. The molecule has 0 spiro atoms. The van der Waals surface area contributed by atoms with Crippen LogP contribution in [0.5, 0.6) is 0 Å². The van der Waals surface area contributed by atoms with Crippen molar-refractivity contribution in [2.75, 3.05) is 0 Å². The Morgan fingerprint density at radius 1 is 1.26 bits per heavy atom. The molecule has 2 atom stereocenters. The van der Waals surface area contributed by atoms with E-state index in [1.807, 2.05) is 0 Å². The lowest BCUT2D eigenvalue weighted by Crippen LogP contribution is -2.40. The second kappa shape index (κ2) is 5.88. The summed E-state index contributed by atoms with van der Waals surface area (Å²) < 4.78 is 0. The molecule has 0 aliphatic heterocycles. The molecule has 1 aliphatic rings. The molecule has 1 saturated carbocycles. The van der Waals surface area contributed by atoms with Crippen LogP contribution in [0.2, 0.25) is 0 Å². The van der Waals surface area contributed by atoms with Gasteiger partial charge in [-0.15, -0.1) is 0 Å². The predicted molar refractivity (Wildman–Crippen MR) is 74.6 cm³/mol. The van der Waals surface area contributed by atoms with Gasteiger partial charge >= 0.3 is 0 Å². The Hall–Kier alpha value is -1.82. The van der Waals surface area contributed by atoms with E-state index in [2.05, 4.69) is 25.2 Å². The van der Waals surface area contributed by atoms with Crippen molar-refractivity contribution in [3.63, 3.8) is 0 Å². The number of benzene rings is 1. The third-order valence-corrected chi connectivity index (χ3v) is 3.77. The molecule has 1 aromatic carbocycles. The smallest absolute Gasteiger partial charge is 0.251 e. The Morgan fingerprint density at radius 3 is 2.58 bits per heavy atom. The number of nitrogens with zero attached hydrogens (tertiary/aromatic N) is 1. The lowest BCUT2D eigenvalue weighted by Gasteiger charge is -2.32. The van der Waals surface area contributed by atoms with Crippen LogP contribution >= 0.6 is 0 Å². The minimum absolute atomic E-state index is 0.0663. The van der Waals surface area contributed by atoms with Crippen molar-refractivity contribution in [2.45, 2.75) is 39.2 Å².